The first-order valence-electron chi connectivity index (χ1n) is 16.2. The van der Waals surface area contributed by atoms with Crippen molar-refractivity contribution in [1.29, 1.82) is 0 Å². The van der Waals surface area contributed by atoms with Crippen molar-refractivity contribution < 1.29 is 19.4 Å². The van der Waals surface area contributed by atoms with Crippen LogP contribution in [0.15, 0.2) is 12.2 Å². The number of ether oxygens (including phenoxy) is 1. The zero-order valence-corrected chi connectivity index (χ0v) is 24.8. The molecule has 4 nitrogen and oxygen atoms in total. The van der Waals surface area contributed by atoms with E-state index in [0.29, 0.717) is 12.8 Å². The molecule has 1 atom stereocenters. The van der Waals surface area contributed by atoms with Gasteiger partial charge in [0.15, 0.2) is 0 Å². The van der Waals surface area contributed by atoms with Crippen LogP contribution in [-0.4, -0.2) is 23.1 Å². The minimum Gasteiger partial charge on any atom is -0.481 e. The zero-order valence-electron chi connectivity index (χ0n) is 24.8. The third-order valence-electron chi connectivity index (χ3n) is 7.22. The summed E-state index contributed by atoms with van der Waals surface area (Å²) in [6.07, 6.45) is 33.6. The van der Waals surface area contributed by atoms with E-state index in [1.165, 1.54) is 109 Å². The van der Waals surface area contributed by atoms with Gasteiger partial charge < -0.3 is 9.84 Å². The summed E-state index contributed by atoms with van der Waals surface area (Å²) in [7, 11) is 0. The van der Waals surface area contributed by atoms with E-state index in [-0.39, 0.29) is 12.4 Å². The number of carboxylic acid groups (broad SMARTS) is 1. The number of rotatable bonds is 29. The van der Waals surface area contributed by atoms with Crippen LogP contribution in [0.25, 0.3) is 0 Å². The van der Waals surface area contributed by atoms with Crippen LogP contribution >= 0.6 is 0 Å². The Balaban J connectivity index is 3.70. The van der Waals surface area contributed by atoms with Crippen LogP contribution < -0.4 is 0 Å². The summed E-state index contributed by atoms with van der Waals surface area (Å²) in [6, 6.07) is 0. The number of aliphatic carboxylic acids is 1. The second-order valence-electron chi connectivity index (χ2n) is 11.0. The summed E-state index contributed by atoms with van der Waals surface area (Å²) in [5.74, 6) is -1.11. The minimum absolute atomic E-state index is 0.0737. The minimum atomic E-state index is -0.883. The van der Waals surface area contributed by atoms with E-state index in [1.807, 2.05) is 0 Å². The molecule has 0 aliphatic carbocycles. The molecule has 0 bridgehead atoms. The third kappa shape index (κ3) is 29.1. The number of allylic oxidation sites excluding steroid dienone is 2. The standard InChI is InChI=1S/C33H62O4/c1-3-5-7-9-11-13-15-16-17-19-21-23-25-27-29-33(36)37-31(30-32(34)35)28-26-24-22-20-18-14-12-10-8-6-4-2/h15-16,31H,3-14,17-30H2,1-2H3,(H,34,35)/b16-15-. The monoisotopic (exact) mass is 522 g/mol. The van der Waals surface area contributed by atoms with Gasteiger partial charge >= 0.3 is 11.9 Å². The number of carbonyl (C=O) groups excluding carboxylic acids is 1. The smallest absolute Gasteiger partial charge is 0.307 e. The van der Waals surface area contributed by atoms with E-state index in [9.17, 15) is 14.7 Å². The van der Waals surface area contributed by atoms with E-state index in [4.69, 9.17) is 4.74 Å². The van der Waals surface area contributed by atoms with E-state index >= 15 is 0 Å². The number of hydrogen-bond acceptors (Lipinski definition) is 3. The lowest BCUT2D eigenvalue weighted by Crippen LogP contribution is -2.21. The maximum absolute atomic E-state index is 12.2. The Kier molecular flexibility index (Phi) is 28.2. The number of carbonyl (C=O) groups is 2. The van der Waals surface area contributed by atoms with Crippen molar-refractivity contribution in [3.05, 3.63) is 12.2 Å². The molecule has 0 aromatic heterocycles. The Labute approximate surface area is 230 Å². The predicted molar refractivity (Wildman–Crippen MR) is 158 cm³/mol. The first kappa shape index (κ1) is 35.7. The van der Waals surface area contributed by atoms with Gasteiger partial charge in [0.05, 0.1) is 6.42 Å². The lowest BCUT2D eigenvalue weighted by Gasteiger charge is -2.16. The highest BCUT2D eigenvalue weighted by Crippen LogP contribution is 2.16. The fourth-order valence-electron chi connectivity index (χ4n) is 4.84. The maximum atomic E-state index is 12.2. The van der Waals surface area contributed by atoms with Crippen LogP contribution in [0.5, 0.6) is 0 Å². The third-order valence-corrected chi connectivity index (χ3v) is 7.22. The van der Waals surface area contributed by atoms with Crippen LogP contribution in [0.1, 0.15) is 181 Å². The Morgan fingerprint density at radius 3 is 1.46 bits per heavy atom. The molecule has 0 heterocycles. The second kappa shape index (κ2) is 29.2. The van der Waals surface area contributed by atoms with Crippen LogP contribution in [0.2, 0.25) is 0 Å². The van der Waals surface area contributed by atoms with Crippen LogP contribution in [0.4, 0.5) is 0 Å². The highest BCUT2D eigenvalue weighted by Gasteiger charge is 2.17. The molecule has 37 heavy (non-hydrogen) atoms. The maximum Gasteiger partial charge on any atom is 0.307 e. The van der Waals surface area contributed by atoms with Gasteiger partial charge in [-0.2, -0.15) is 0 Å². The Hall–Kier alpha value is -1.32. The second-order valence-corrected chi connectivity index (χ2v) is 11.0. The molecule has 0 fully saturated rings. The van der Waals surface area contributed by atoms with Crippen molar-refractivity contribution in [3.8, 4) is 0 Å². The molecule has 0 spiro atoms. The summed E-state index contributed by atoms with van der Waals surface area (Å²) >= 11 is 0. The fraction of sp³-hybridized carbons (Fsp3) is 0.879. The van der Waals surface area contributed by atoms with Gasteiger partial charge in [0.25, 0.3) is 0 Å². The van der Waals surface area contributed by atoms with Gasteiger partial charge in [-0.05, 0) is 44.9 Å². The average Bonchev–Trinajstić information content (AvgIpc) is 2.87. The lowest BCUT2D eigenvalue weighted by molar-refractivity contribution is -0.153. The molecule has 1 unspecified atom stereocenters. The normalized spacial score (nSPS) is 12.3. The van der Waals surface area contributed by atoms with E-state index in [0.717, 1.165) is 38.5 Å². The molecule has 4 heteroatoms. The topological polar surface area (TPSA) is 63.6 Å². The number of carboxylic acids is 1. The number of hydrogen-bond donors (Lipinski definition) is 1. The zero-order chi connectivity index (χ0) is 27.2. The predicted octanol–water partition coefficient (Wildman–Crippen LogP) is 10.7. The van der Waals surface area contributed by atoms with Gasteiger partial charge in [-0.15, -0.1) is 0 Å². The SMILES string of the molecule is CCCCCCC/C=C\CCCCCCCC(=O)OC(CCCCCCCCCCCCC)CC(=O)O. The van der Waals surface area contributed by atoms with Crippen molar-refractivity contribution in [2.24, 2.45) is 0 Å². The fourth-order valence-corrected chi connectivity index (χ4v) is 4.84. The molecular formula is C33H62O4. The molecule has 0 aliphatic rings. The van der Waals surface area contributed by atoms with Gasteiger partial charge in [0.1, 0.15) is 6.10 Å². The summed E-state index contributed by atoms with van der Waals surface area (Å²) < 4.78 is 5.54. The molecule has 218 valence electrons. The molecule has 0 radical (unpaired) electrons. The molecule has 0 saturated carbocycles. The Morgan fingerprint density at radius 1 is 0.595 bits per heavy atom. The van der Waals surface area contributed by atoms with E-state index in [1.54, 1.807) is 0 Å². The summed E-state index contributed by atoms with van der Waals surface area (Å²) in [5, 5.41) is 9.19. The van der Waals surface area contributed by atoms with Gasteiger partial charge in [0.2, 0.25) is 0 Å². The van der Waals surface area contributed by atoms with Gasteiger partial charge in [-0.3, -0.25) is 9.59 Å². The number of unbranched alkanes of at least 4 members (excludes halogenated alkanes) is 20. The lowest BCUT2D eigenvalue weighted by atomic mass is 10.0. The highest BCUT2D eigenvalue weighted by atomic mass is 16.5. The Morgan fingerprint density at radius 2 is 1.00 bits per heavy atom. The average molecular weight is 523 g/mol. The molecule has 0 aromatic rings. The van der Waals surface area contributed by atoms with Crippen LogP contribution in [-0.2, 0) is 14.3 Å². The Bertz CT molecular complexity index is 528. The molecular weight excluding hydrogens is 460 g/mol. The molecule has 0 saturated heterocycles. The molecule has 0 amide bonds. The highest BCUT2D eigenvalue weighted by molar-refractivity contribution is 5.71. The van der Waals surface area contributed by atoms with Gasteiger partial charge in [-0.25, -0.2) is 0 Å². The van der Waals surface area contributed by atoms with Crippen LogP contribution in [0.3, 0.4) is 0 Å². The summed E-state index contributed by atoms with van der Waals surface area (Å²) in [6.45, 7) is 4.51. The number of esters is 1. The van der Waals surface area contributed by atoms with E-state index < -0.39 is 12.1 Å². The van der Waals surface area contributed by atoms with E-state index in [2.05, 4.69) is 26.0 Å². The van der Waals surface area contributed by atoms with Crippen molar-refractivity contribution in [2.45, 2.75) is 187 Å². The molecule has 0 aromatic carbocycles. The quantitative estimate of drug-likeness (QED) is 0.0602. The summed E-state index contributed by atoms with van der Waals surface area (Å²) in [4.78, 5) is 23.4. The molecule has 0 aliphatic heterocycles. The first-order valence-corrected chi connectivity index (χ1v) is 16.2. The van der Waals surface area contributed by atoms with Crippen molar-refractivity contribution in [3.63, 3.8) is 0 Å². The summed E-state index contributed by atoms with van der Waals surface area (Å²) in [5.41, 5.74) is 0. The van der Waals surface area contributed by atoms with Crippen molar-refractivity contribution in [1.82, 2.24) is 0 Å². The van der Waals surface area contributed by atoms with Crippen molar-refractivity contribution >= 4 is 11.9 Å². The van der Waals surface area contributed by atoms with Crippen molar-refractivity contribution in [2.75, 3.05) is 0 Å². The molecule has 1 N–H and O–H groups in total. The van der Waals surface area contributed by atoms with Crippen LogP contribution in [0, 0.1) is 0 Å². The molecule has 0 rings (SSSR count). The van der Waals surface area contributed by atoms with Gasteiger partial charge in [0, 0.05) is 6.42 Å². The largest absolute Gasteiger partial charge is 0.481 e. The first-order chi connectivity index (χ1) is 18.1. The van der Waals surface area contributed by atoms with Gasteiger partial charge in [-0.1, -0.05) is 135 Å².